The van der Waals surface area contributed by atoms with Gasteiger partial charge >= 0.3 is 0 Å². The molecule has 0 saturated carbocycles. The molecule has 9 nitrogen and oxygen atoms in total. The summed E-state index contributed by atoms with van der Waals surface area (Å²) in [7, 11) is -0.873. The van der Waals surface area contributed by atoms with Gasteiger partial charge in [0.1, 0.15) is 29.6 Å². The number of nitrogens with zero attached hydrogens (tertiary/aromatic N) is 1. The molecule has 190 valence electrons. The van der Waals surface area contributed by atoms with Gasteiger partial charge in [-0.25, -0.2) is 8.42 Å². The van der Waals surface area contributed by atoms with Crippen molar-refractivity contribution < 1.29 is 32.2 Å². The summed E-state index contributed by atoms with van der Waals surface area (Å²) in [6, 6.07) is 18.4. The van der Waals surface area contributed by atoms with Gasteiger partial charge in [0.15, 0.2) is 6.10 Å². The van der Waals surface area contributed by atoms with Crippen LogP contribution in [0.1, 0.15) is 5.56 Å². The minimum atomic E-state index is -3.97. The Balaban J connectivity index is 1.46. The first kappa shape index (κ1) is 25.2. The van der Waals surface area contributed by atoms with Crippen LogP contribution >= 0.6 is 0 Å². The molecule has 3 aromatic rings. The molecule has 0 bridgehead atoms. The van der Waals surface area contributed by atoms with Crippen LogP contribution in [0, 0.1) is 6.92 Å². The molecular weight excluding hydrogens is 484 g/mol. The van der Waals surface area contributed by atoms with E-state index in [4.69, 9.17) is 18.9 Å². The molecule has 10 heteroatoms. The molecule has 1 atom stereocenters. The lowest BCUT2D eigenvalue weighted by atomic mass is 10.1. The van der Waals surface area contributed by atoms with Crippen LogP contribution in [0.3, 0.4) is 0 Å². The molecule has 0 radical (unpaired) electrons. The van der Waals surface area contributed by atoms with E-state index in [0.717, 1.165) is 11.3 Å². The summed E-state index contributed by atoms with van der Waals surface area (Å²) in [5.41, 5.74) is 1.25. The van der Waals surface area contributed by atoms with Crippen molar-refractivity contribution in [3.63, 3.8) is 0 Å². The first-order valence-corrected chi connectivity index (χ1v) is 12.7. The summed E-state index contributed by atoms with van der Waals surface area (Å²) in [5, 5.41) is 2.76. The Labute approximate surface area is 210 Å². The first-order chi connectivity index (χ1) is 17.3. The Kier molecular flexibility index (Phi) is 7.54. The van der Waals surface area contributed by atoms with Crippen LogP contribution in [0.2, 0.25) is 0 Å². The molecule has 1 N–H and O–H groups in total. The maximum Gasteiger partial charge on any atom is 0.264 e. The second kappa shape index (κ2) is 10.8. The quantitative estimate of drug-likeness (QED) is 0.439. The van der Waals surface area contributed by atoms with Crippen LogP contribution in [-0.4, -0.2) is 54.3 Å². The van der Waals surface area contributed by atoms with Gasteiger partial charge in [0.25, 0.3) is 15.9 Å². The highest BCUT2D eigenvalue weighted by Crippen LogP contribution is 2.38. The van der Waals surface area contributed by atoms with E-state index in [1.165, 1.54) is 23.5 Å². The predicted molar refractivity (Wildman–Crippen MR) is 135 cm³/mol. The molecule has 1 aliphatic rings. The molecule has 0 aliphatic carbocycles. The third-order valence-corrected chi connectivity index (χ3v) is 7.45. The van der Waals surface area contributed by atoms with Gasteiger partial charge in [-0.2, -0.15) is 0 Å². The zero-order chi connectivity index (χ0) is 25.7. The van der Waals surface area contributed by atoms with E-state index in [2.05, 4.69) is 5.32 Å². The summed E-state index contributed by atoms with van der Waals surface area (Å²) in [6.07, 6.45) is -1.03. The standard InChI is InChI=1S/C26H28N2O7S/c1-18-4-13-24-23(16-18)28(36(30,31)22-11-9-20(33-3)10-12-22)17-25(35-24)26(29)27-14-15-34-21-7-5-19(32-2)6-8-21/h4-13,16,25H,14-15,17H2,1-3H3,(H,27,29). The lowest BCUT2D eigenvalue weighted by molar-refractivity contribution is -0.127. The molecule has 36 heavy (non-hydrogen) atoms. The first-order valence-electron chi connectivity index (χ1n) is 11.3. The molecule has 0 aromatic heterocycles. The molecule has 1 aliphatic heterocycles. The zero-order valence-corrected chi connectivity index (χ0v) is 21.1. The van der Waals surface area contributed by atoms with Gasteiger partial charge in [-0.15, -0.1) is 0 Å². The second-order valence-corrected chi connectivity index (χ2v) is 9.97. The van der Waals surface area contributed by atoms with Crippen LogP contribution < -0.4 is 28.6 Å². The van der Waals surface area contributed by atoms with E-state index < -0.39 is 22.0 Å². The van der Waals surface area contributed by atoms with Crippen molar-refractivity contribution in [3.8, 4) is 23.0 Å². The molecular formula is C26H28N2O7S. The number of carbonyl (C=O) groups is 1. The fourth-order valence-corrected chi connectivity index (χ4v) is 5.20. The maximum absolute atomic E-state index is 13.6. The van der Waals surface area contributed by atoms with Gasteiger partial charge in [-0.05, 0) is 73.2 Å². The van der Waals surface area contributed by atoms with Crippen LogP contribution in [0.15, 0.2) is 71.6 Å². The number of methoxy groups -OCH3 is 2. The molecule has 4 rings (SSSR count). The van der Waals surface area contributed by atoms with Crippen molar-refractivity contribution in [3.05, 3.63) is 72.3 Å². The lowest BCUT2D eigenvalue weighted by Crippen LogP contribution is -2.51. The zero-order valence-electron chi connectivity index (χ0n) is 20.3. The number of aryl methyl sites for hydroxylation is 1. The SMILES string of the molecule is COc1ccc(OCCNC(=O)C2CN(S(=O)(=O)c3ccc(OC)cc3)c3cc(C)ccc3O2)cc1. The number of anilines is 1. The van der Waals surface area contributed by atoms with Crippen LogP contribution in [0.4, 0.5) is 5.69 Å². The van der Waals surface area contributed by atoms with Crippen LogP contribution in [0.5, 0.6) is 23.0 Å². The third-order valence-electron chi connectivity index (χ3n) is 5.65. The smallest absolute Gasteiger partial charge is 0.264 e. The van der Waals surface area contributed by atoms with Crippen molar-refractivity contribution in [2.75, 3.05) is 38.2 Å². The van der Waals surface area contributed by atoms with E-state index in [0.29, 0.717) is 22.9 Å². The molecule has 0 fully saturated rings. The van der Waals surface area contributed by atoms with E-state index >= 15 is 0 Å². The molecule has 0 spiro atoms. The van der Waals surface area contributed by atoms with Crippen LogP contribution in [-0.2, 0) is 14.8 Å². The molecule has 3 aromatic carbocycles. The fraction of sp³-hybridized carbons (Fsp3) is 0.269. The van der Waals surface area contributed by atoms with Crippen molar-refractivity contribution >= 4 is 21.6 Å². The predicted octanol–water partition coefficient (Wildman–Crippen LogP) is 3.16. The van der Waals surface area contributed by atoms with Crippen molar-refractivity contribution in [1.29, 1.82) is 0 Å². The maximum atomic E-state index is 13.6. The highest BCUT2D eigenvalue weighted by atomic mass is 32.2. The van der Waals surface area contributed by atoms with Crippen LogP contribution in [0.25, 0.3) is 0 Å². The van der Waals surface area contributed by atoms with Gasteiger partial charge in [-0.3, -0.25) is 9.10 Å². The molecule has 0 saturated heterocycles. The number of sulfonamides is 1. The Hall–Kier alpha value is -3.92. The van der Waals surface area contributed by atoms with Gasteiger partial charge in [-0.1, -0.05) is 6.07 Å². The largest absolute Gasteiger partial charge is 0.497 e. The average molecular weight is 513 g/mol. The van der Waals surface area contributed by atoms with Crippen molar-refractivity contribution in [2.24, 2.45) is 0 Å². The number of ether oxygens (including phenoxy) is 4. The fourth-order valence-electron chi connectivity index (χ4n) is 3.73. The average Bonchev–Trinajstić information content (AvgIpc) is 2.90. The Morgan fingerprint density at radius 2 is 1.58 bits per heavy atom. The molecule has 1 heterocycles. The summed E-state index contributed by atoms with van der Waals surface area (Å²) < 4.78 is 50.1. The van der Waals surface area contributed by atoms with E-state index in [-0.39, 0.29) is 24.6 Å². The number of hydrogen-bond acceptors (Lipinski definition) is 7. The normalized spacial score (nSPS) is 14.9. The minimum absolute atomic E-state index is 0.0877. The Morgan fingerprint density at radius 3 is 2.22 bits per heavy atom. The Bertz CT molecular complexity index is 1310. The van der Waals surface area contributed by atoms with Crippen molar-refractivity contribution in [2.45, 2.75) is 17.9 Å². The summed E-state index contributed by atoms with van der Waals surface area (Å²) >= 11 is 0. The number of fused-ring (bicyclic) bond motifs is 1. The van der Waals surface area contributed by atoms with Gasteiger partial charge < -0.3 is 24.3 Å². The van der Waals surface area contributed by atoms with E-state index in [1.807, 2.05) is 6.92 Å². The number of rotatable bonds is 9. The highest BCUT2D eigenvalue weighted by molar-refractivity contribution is 7.92. The van der Waals surface area contributed by atoms with E-state index in [9.17, 15) is 13.2 Å². The number of carbonyl (C=O) groups excluding carboxylic acids is 1. The van der Waals surface area contributed by atoms with Gasteiger partial charge in [0.05, 0.1) is 37.9 Å². The minimum Gasteiger partial charge on any atom is -0.497 e. The lowest BCUT2D eigenvalue weighted by Gasteiger charge is -2.35. The molecule has 1 unspecified atom stereocenters. The summed E-state index contributed by atoms with van der Waals surface area (Å²) in [5.74, 6) is 1.78. The third kappa shape index (κ3) is 5.49. The second-order valence-electron chi connectivity index (χ2n) is 8.10. The van der Waals surface area contributed by atoms with Gasteiger partial charge in [0.2, 0.25) is 0 Å². The Morgan fingerprint density at radius 1 is 0.972 bits per heavy atom. The monoisotopic (exact) mass is 512 g/mol. The number of benzene rings is 3. The van der Waals surface area contributed by atoms with Gasteiger partial charge in [0, 0.05) is 0 Å². The molecule has 1 amide bonds. The number of nitrogens with one attached hydrogen (secondary N) is 1. The summed E-state index contributed by atoms with van der Waals surface area (Å²) in [6.45, 7) is 2.14. The highest BCUT2D eigenvalue weighted by Gasteiger charge is 2.37. The number of amides is 1. The topological polar surface area (TPSA) is 103 Å². The van der Waals surface area contributed by atoms with Crippen molar-refractivity contribution in [1.82, 2.24) is 5.32 Å². The number of hydrogen-bond donors (Lipinski definition) is 1. The summed E-state index contributed by atoms with van der Waals surface area (Å²) in [4.78, 5) is 13.0. The van der Waals surface area contributed by atoms with E-state index in [1.54, 1.807) is 61.7 Å².